The second kappa shape index (κ2) is 6.61. The Kier molecular flexibility index (Phi) is 5.77. The maximum atomic E-state index is 10.1. The minimum atomic E-state index is -0.145. The summed E-state index contributed by atoms with van der Waals surface area (Å²) >= 11 is 0. The summed E-state index contributed by atoms with van der Waals surface area (Å²) in [5.41, 5.74) is 5.98. The number of aliphatic hydroxyl groups excluding tert-OH is 1. The number of hydrogen-bond donors (Lipinski definition) is 2. The molecule has 1 rings (SSSR count). The van der Waals surface area contributed by atoms with Crippen molar-refractivity contribution in [3.8, 4) is 0 Å². The first-order chi connectivity index (χ1) is 7.68. The van der Waals surface area contributed by atoms with E-state index >= 15 is 0 Å². The van der Waals surface area contributed by atoms with E-state index in [0.717, 1.165) is 31.6 Å². The molecule has 0 aliphatic heterocycles. The molecule has 1 fully saturated rings. The summed E-state index contributed by atoms with van der Waals surface area (Å²) in [6.45, 7) is 5.18. The topological polar surface area (TPSA) is 46.2 Å². The minimum Gasteiger partial charge on any atom is -0.393 e. The summed E-state index contributed by atoms with van der Waals surface area (Å²) in [6, 6.07) is 0. The summed E-state index contributed by atoms with van der Waals surface area (Å²) < 4.78 is 0. The molecule has 1 aliphatic rings. The fourth-order valence-corrected chi connectivity index (χ4v) is 3.20. The largest absolute Gasteiger partial charge is 0.393 e. The van der Waals surface area contributed by atoms with Gasteiger partial charge in [0.25, 0.3) is 0 Å². The summed E-state index contributed by atoms with van der Waals surface area (Å²) in [6.07, 6.45) is 9.37. The van der Waals surface area contributed by atoms with Gasteiger partial charge in [-0.1, -0.05) is 46.0 Å². The van der Waals surface area contributed by atoms with Crippen LogP contribution in [0.25, 0.3) is 0 Å². The fraction of sp³-hybridized carbons (Fsp3) is 1.00. The van der Waals surface area contributed by atoms with Crippen molar-refractivity contribution in [3.05, 3.63) is 0 Å². The normalized spacial score (nSPS) is 31.9. The Morgan fingerprint density at radius 2 is 2.19 bits per heavy atom. The highest BCUT2D eigenvalue weighted by Crippen LogP contribution is 2.43. The van der Waals surface area contributed by atoms with E-state index in [9.17, 15) is 5.11 Å². The van der Waals surface area contributed by atoms with Crippen LogP contribution in [0.15, 0.2) is 0 Å². The molecule has 0 spiro atoms. The van der Waals surface area contributed by atoms with Crippen molar-refractivity contribution in [1.29, 1.82) is 0 Å². The van der Waals surface area contributed by atoms with Gasteiger partial charge in [-0.2, -0.15) is 0 Å². The van der Waals surface area contributed by atoms with Crippen LogP contribution in [0.2, 0.25) is 0 Å². The molecule has 2 heteroatoms. The van der Waals surface area contributed by atoms with Crippen LogP contribution in [0, 0.1) is 11.3 Å². The summed E-state index contributed by atoms with van der Waals surface area (Å²) in [7, 11) is 0. The maximum Gasteiger partial charge on any atom is 0.0608 e. The van der Waals surface area contributed by atoms with E-state index in [0.29, 0.717) is 6.54 Å². The van der Waals surface area contributed by atoms with Gasteiger partial charge in [0.1, 0.15) is 0 Å². The number of hydrogen-bond acceptors (Lipinski definition) is 2. The average Bonchev–Trinajstić information content (AvgIpc) is 2.66. The van der Waals surface area contributed by atoms with Crippen LogP contribution >= 0.6 is 0 Å². The zero-order chi connectivity index (χ0) is 12.0. The molecule has 0 amide bonds. The summed E-state index contributed by atoms with van der Waals surface area (Å²) in [5, 5.41) is 10.1. The van der Waals surface area contributed by atoms with Crippen LogP contribution in [-0.4, -0.2) is 17.8 Å². The van der Waals surface area contributed by atoms with Crippen LogP contribution in [0.3, 0.4) is 0 Å². The smallest absolute Gasteiger partial charge is 0.0608 e. The van der Waals surface area contributed by atoms with Crippen molar-refractivity contribution in [3.63, 3.8) is 0 Å². The van der Waals surface area contributed by atoms with Crippen molar-refractivity contribution < 1.29 is 5.11 Å². The van der Waals surface area contributed by atoms with Crippen molar-refractivity contribution in [2.45, 2.75) is 71.3 Å². The van der Waals surface area contributed by atoms with Crippen molar-refractivity contribution >= 4 is 0 Å². The van der Waals surface area contributed by atoms with E-state index in [1.807, 2.05) is 0 Å². The molecule has 0 aromatic heterocycles. The lowest BCUT2D eigenvalue weighted by atomic mass is 9.74. The van der Waals surface area contributed by atoms with Crippen LogP contribution in [-0.2, 0) is 0 Å². The van der Waals surface area contributed by atoms with Gasteiger partial charge in [-0.05, 0) is 25.2 Å². The molecule has 96 valence electrons. The zero-order valence-electron chi connectivity index (χ0n) is 11.0. The van der Waals surface area contributed by atoms with E-state index in [1.165, 1.54) is 25.7 Å². The van der Waals surface area contributed by atoms with Crippen molar-refractivity contribution in [2.24, 2.45) is 17.1 Å². The van der Waals surface area contributed by atoms with E-state index in [1.54, 1.807) is 0 Å². The molecule has 3 unspecified atom stereocenters. The van der Waals surface area contributed by atoms with E-state index in [-0.39, 0.29) is 11.5 Å². The highest BCUT2D eigenvalue weighted by Gasteiger charge is 2.41. The van der Waals surface area contributed by atoms with Crippen LogP contribution in [0.4, 0.5) is 0 Å². The molecule has 0 heterocycles. The van der Waals surface area contributed by atoms with E-state index < -0.39 is 0 Å². The number of rotatable bonds is 7. The van der Waals surface area contributed by atoms with Crippen LogP contribution in [0.5, 0.6) is 0 Å². The minimum absolute atomic E-state index is 0.0500. The number of aliphatic hydroxyl groups is 1. The number of unbranched alkanes of at least 4 members (excludes halogenated alkanes) is 1. The van der Waals surface area contributed by atoms with Gasteiger partial charge in [-0.25, -0.2) is 0 Å². The van der Waals surface area contributed by atoms with E-state index in [2.05, 4.69) is 13.8 Å². The Balaban J connectivity index is 2.53. The molecule has 3 atom stereocenters. The number of nitrogens with two attached hydrogens (primary N) is 1. The lowest BCUT2D eigenvalue weighted by Crippen LogP contribution is -2.39. The van der Waals surface area contributed by atoms with Crippen molar-refractivity contribution in [2.75, 3.05) is 6.54 Å². The van der Waals surface area contributed by atoms with Gasteiger partial charge in [0, 0.05) is 12.0 Å². The van der Waals surface area contributed by atoms with Crippen molar-refractivity contribution in [1.82, 2.24) is 0 Å². The van der Waals surface area contributed by atoms with Crippen LogP contribution in [0.1, 0.15) is 65.2 Å². The van der Waals surface area contributed by atoms with Gasteiger partial charge in [0.2, 0.25) is 0 Å². The highest BCUT2D eigenvalue weighted by molar-refractivity contribution is 4.94. The Morgan fingerprint density at radius 1 is 1.44 bits per heavy atom. The first-order valence-electron chi connectivity index (χ1n) is 7.06. The molecule has 0 saturated heterocycles. The molecule has 1 aliphatic carbocycles. The maximum absolute atomic E-state index is 10.1. The first kappa shape index (κ1) is 14.0. The molecule has 0 aromatic carbocycles. The predicted molar refractivity (Wildman–Crippen MR) is 69.3 cm³/mol. The molecule has 0 aromatic rings. The van der Waals surface area contributed by atoms with Crippen LogP contribution < -0.4 is 5.73 Å². The first-order valence-corrected chi connectivity index (χ1v) is 7.06. The van der Waals surface area contributed by atoms with Gasteiger partial charge in [0.05, 0.1) is 6.10 Å². The highest BCUT2D eigenvalue weighted by atomic mass is 16.3. The second-order valence-electron chi connectivity index (χ2n) is 5.60. The molecule has 1 saturated carbocycles. The average molecular weight is 227 g/mol. The molecule has 3 N–H and O–H groups in total. The Hall–Kier alpha value is -0.0800. The third-order valence-corrected chi connectivity index (χ3v) is 4.50. The second-order valence-corrected chi connectivity index (χ2v) is 5.60. The van der Waals surface area contributed by atoms with E-state index in [4.69, 9.17) is 5.73 Å². The fourth-order valence-electron chi connectivity index (χ4n) is 3.20. The zero-order valence-corrected chi connectivity index (χ0v) is 11.0. The van der Waals surface area contributed by atoms with Gasteiger partial charge in [-0.3, -0.25) is 0 Å². The SMILES string of the molecule is CCCCC(CC)CC1(CN)CCCC1O. The molecular formula is C14H29NO. The lowest BCUT2D eigenvalue weighted by molar-refractivity contribution is 0.0371. The molecule has 0 bridgehead atoms. The van der Waals surface area contributed by atoms with Gasteiger partial charge in [0.15, 0.2) is 0 Å². The lowest BCUT2D eigenvalue weighted by Gasteiger charge is -2.35. The summed E-state index contributed by atoms with van der Waals surface area (Å²) in [5.74, 6) is 0.760. The Bertz CT molecular complexity index is 195. The molecule has 0 radical (unpaired) electrons. The predicted octanol–water partition coefficient (Wildman–Crippen LogP) is 3.08. The third-order valence-electron chi connectivity index (χ3n) is 4.50. The Morgan fingerprint density at radius 3 is 2.62 bits per heavy atom. The standard InChI is InChI=1S/C14H29NO/c1-3-5-7-12(4-2)10-14(11-15)9-6-8-13(14)16/h12-13,16H,3-11,15H2,1-2H3. The monoisotopic (exact) mass is 227 g/mol. The molecule has 2 nitrogen and oxygen atoms in total. The van der Waals surface area contributed by atoms with Gasteiger partial charge in [-0.15, -0.1) is 0 Å². The molecular weight excluding hydrogens is 198 g/mol. The summed E-state index contributed by atoms with van der Waals surface area (Å²) in [4.78, 5) is 0. The van der Waals surface area contributed by atoms with Gasteiger partial charge < -0.3 is 10.8 Å². The molecule has 16 heavy (non-hydrogen) atoms. The third kappa shape index (κ3) is 3.21. The van der Waals surface area contributed by atoms with Gasteiger partial charge >= 0.3 is 0 Å². The quantitative estimate of drug-likeness (QED) is 0.702. The Labute approximate surface area is 101 Å².